The Balaban J connectivity index is 1.35. The molecule has 0 atom stereocenters. The van der Waals surface area contributed by atoms with Gasteiger partial charge in [-0.25, -0.2) is 4.31 Å². The van der Waals surface area contributed by atoms with Crippen LogP contribution in [0.4, 0.5) is 0 Å². The molecule has 0 aliphatic carbocycles. The molecule has 1 aliphatic rings. The Hall–Kier alpha value is -2.06. The van der Waals surface area contributed by atoms with Gasteiger partial charge in [0.1, 0.15) is 5.75 Å². The highest BCUT2D eigenvalue weighted by atomic mass is 32.2. The van der Waals surface area contributed by atoms with Crippen molar-refractivity contribution in [2.45, 2.75) is 44.2 Å². The van der Waals surface area contributed by atoms with E-state index in [1.54, 1.807) is 11.9 Å². The lowest BCUT2D eigenvalue weighted by molar-refractivity contribution is -0.123. The van der Waals surface area contributed by atoms with Gasteiger partial charge >= 0.3 is 0 Å². The summed E-state index contributed by atoms with van der Waals surface area (Å²) in [5.41, 5.74) is 2.90. The fraction of sp³-hybridized carbons (Fsp3) is 0.519. The van der Waals surface area contributed by atoms with Crippen molar-refractivity contribution in [2.24, 2.45) is 0 Å². The summed E-state index contributed by atoms with van der Waals surface area (Å²) in [7, 11) is 4.23. The highest BCUT2D eigenvalue weighted by Crippen LogP contribution is 2.30. The van der Waals surface area contributed by atoms with Gasteiger partial charge in [-0.15, -0.1) is 0 Å². The van der Waals surface area contributed by atoms with Gasteiger partial charge in [-0.3, -0.25) is 9.69 Å². The van der Waals surface area contributed by atoms with Gasteiger partial charge in [0.15, 0.2) is 6.61 Å². The standard InChI is InChI=1S/C27H40N4O2S/c1-22(2)29(3)18-19-30(4)34-26-13-8-7-12-25(26)33-21-27(32)28-15-9-16-31-17-14-23-10-5-6-11-24(23)20-31/h5-8,10-13,22H,9,14-21H2,1-4H3,(H,28,32). The van der Waals surface area contributed by atoms with Crippen LogP contribution >= 0.6 is 11.9 Å². The minimum absolute atomic E-state index is 0.0362. The van der Waals surface area contributed by atoms with Crippen molar-refractivity contribution in [3.63, 3.8) is 0 Å². The molecule has 0 spiro atoms. The Morgan fingerprint density at radius 3 is 2.62 bits per heavy atom. The monoisotopic (exact) mass is 484 g/mol. The van der Waals surface area contributed by atoms with Crippen molar-refractivity contribution in [1.29, 1.82) is 0 Å². The van der Waals surface area contributed by atoms with Crippen molar-refractivity contribution >= 4 is 17.9 Å². The molecule has 0 saturated heterocycles. The van der Waals surface area contributed by atoms with Crippen LogP contribution in [0, 0.1) is 0 Å². The molecule has 1 heterocycles. The number of hydrogen-bond acceptors (Lipinski definition) is 6. The summed E-state index contributed by atoms with van der Waals surface area (Å²) in [5, 5.41) is 3.00. The lowest BCUT2D eigenvalue weighted by Gasteiger charge is -2.28. The molecule has 0 aromatic heterocycles. The van der Waals surface area contributed by atoms with Crippen molar-refractivity contribution in [3.05, 3.63) is 59.7 Å². The number of rotatable bonds is 13. The molecule has 0 unspecified atom stereocenters. The highest BCUT2D eigenvalue weighted by Gasteiger charge is 2.15. The van der Waals surface area contributed by atoms with Crippen LogP contribution in [-0.2, 0) is 17.8 Å². The van der Waals surface area contributed by atoms with Crippen molar-refractivity contribution < 1.29 is 9.53 Å². The van der Waals surface area contributed by atoms with Crippen LogP contribution in [0.5, 0.6) is 5.75 Å². The van der Waals surface area contributed by atoms with E-state index in [2.05, 4.69) is 71.6 Å². The van der Waals surface area contributed by atoms with Crippen molar-refractivity contribution in [1.82, 2.24) is 19.4 Å². The van der Waals surface area contributed by atoms with E-state index < -0.39 is 0 Å². The zero-order chi connectivity index (χ0) is 24.3. The molecular weight excluding hydrogens is 444 g/mol. The van der Waals surface area contributed by atoms with Crippen LogP contribution in [0.25, 0.3) is 0 Å². The Morgan fingerprint density at radius 2 is 1.82 bits per heavy atom. The highest BCUT2D eigenvalue weighted by molar-refractivity contribution is 7.97. The van der Waals surface area contributed by atoms with Crippen LogP contribution in [0.2, 0.25) is 0 Å². The van der Waals surface area contributed by atoms with Crippen LogP contribution < -0.4 is 10.1 Å². The number of fused-ring (bicyclic) bond motifs is 1. The predicted octanol–water partition coefficient (Wildman–Crippen LogP) is 3.91. The third kappa shape index (κ3) is 8.62. The summed E-state index contributed by atoms with van der Waals surface area (Å²) in [4.78, 5) is 18.2. The molecule has 7 heteroatoms. The zero-order valence-electron chi connectivity index (χ0n) is 21.1. The second kappa shape index (κ2) is 13.7. The van der Waals surface area contributed by atoms with E-state index >= 15 is 0 Å². The Kier molecular flexibility index (Phi) is 10.7. The first-order valence-corrected chi connectivity index (χ1v) is 13.1. The van der Waals surface area contributed by atoms with Crippen LogP contribution in [0.15, 0.2) is 53.4 Å². The molecule has 1 amide bonds. The van der Waals surface area contributed by atoms with Crippen molar-refractivity contribution in [3.8, 4) is 5.75 Å². The number of benzene rings is 2. The summed E-state index contributed by atoms with van der Waals surface area (Å²) in [5.74, 6) is 0.675. The van der Waals surface area contributed by atoms with E-state index in [1.807, 2.05) is 24.3 Å². The SMILES string of the molecule is CC(C)N(C)CCN(C)Sc1ccccc1OCC(=O)NCCCN1CCc2ccccc2C1. The minimum atomic E-state index is -0.0734. The lowest BCUT2D eigenvalue weighted by atomic mass is 10.00. The number of nitrogens with one attached hydrogen (secondary N) is 1. The van der Waals surface area contributed by atoms with Gasteiger partial charge in [0, 0.05) is 45.3 Å². The van der Waals surface area contributed by atoms with E-state index in [4.69, 9.17) is 4.74 Å². The van der Waals surface area contributed by atoms with Gasteiger partial charge in [0.05, 0.1) is 4.90 Å². The van der Waals surface area contributed by atoms with Crippen molar-refractivity contribution in [2.75, 3.05) is 53.4 Å². The minimum Gasteiger partial charge on any atom is -0.483 e. The van der Waals surface area contributed by atoms with Gasteiger partial charge in [-0.1, -0.05) is 36.4 Å². The fourth-order valence-corrected chi connectivity index (χ4v) is 4.75. The van der Waals surface area contributed by atoms with E-state index in [0.29, 0.717) is 12.6 Å². The van der Waals surface area contributed by atoms with Crippen LogP contribution in [0.1, 0.15) is 31.4 Å². The smallest absolute Gasteiger partial charge is 0.257 e. The van der Waals surface area contributed by atoms with Crippen LogP contribution in [-0.4, -0.2) is 79.5 Å². The molecule has 0 radical (unpaired) electrons. The molecule has 3 rings (SSSR count). The number of carbonyl (C=O) groups excluding carboxylic acids is 1. The van der Waals surface area contributed by atoms with Gasteiger partial charge in [0.2, 0.25) is 0 Å². The Labute approximate surface area is 209 Å². The number of para-hydroxylation sites is 1. The average Bonchev–Trinajstić information content (AvgIpc) is 2.84. The van der Waals surface area contributed by atoms with Gasteiger partial charge in [0.25, 0.3) is 5.91 Å². The third-order valence-electron chi connectivity index (χ3n) is 6.29. The normalized spacial score (nSPS) is 14.0. The maximum Gasteiger partial charge on any atom is 0.257 e. The van der Waals surface area contributed by atoms with Gasteiger partial charge in [-0.05, 0) is 76.0 Å². The number of ether oxygens (including phenoxy) is 1. The maximum atomic E-state index is 12.3. The first-order valence-electron chi connectivity index (χ1n) is 12.3. The second-order valence-electron chi connectivity index (χ2n) is 9.25. The van der Waals surface area contributed by atoms with Gasteiger partial charge < -0.3 is 15.0 Å². The second-order valence-corrected chi connectivity index (χ2v) is 10.5. The quantitative estimate of drug-likeness (QED) is 0.344. The molecule has 34 heavy (non-hydrogen) atoms. The van der Waals surface area contributed by atoms with E-state index in [-0.39, 0.29) is 12.5 Å². The molecular formula is C27H40N4O2S. The number of carbonyl (C=O) groups is 1. The molecule has 2 aromatic rings. The Bertz CT molecular complexity index is 908. The molecule has 2 aromatic carbocycles. The van der Waals surface area contributed by atoms with Gasteiger partial charge in [-0.2, -0.15) is 0 Å². The summed E-state index contributed by atoms with van der Waals surface area (Å²) in [6.07, 6.45) is 2.05. The zero-order valence-corrected chi connectivity index (χ0v) is 21.9. The van der Waals surface area contributed by atoms with E-state index in [1.165, 1.54) is 11.1 Å². The molecule has 186 valence electrons. The number of hydrogen-bond donors (Lipinski definition) is 1. The molecule has 0 bridgehead atoms. The maximum absolute atomic E-state index is 12.3. The summed E-state index contributed by atoms with van der Waals surface area (Å²) in [6.45, 7) is 10.1. The first-order chi connectivity index (χ1) is 16.4. The van der Waals surface area contributed by atoms with E-state index in [9.17, 15) is 4.79 Å². The fourth-order valence-electron chi connectivity index (χ4n) is 3.88. The summed E-state index contributed by atoms with van der Waals surface area (Å²) in [6, 6.07) is 17.1. The first kappa shape index (κ1) is 26.5. The summed E-state index contributed by atoms with van der Waals surface area (Å²) >= 11 is 1.65. The lowest BCUT2D eigenvalue weighted by Crippen LogP contribution is -2.35. The average molecular weight is 485 g/mol. The largest absolute Gasteiger partial charge is 0.483 e. The molecule has 0 fully saturated rings. The number of amides is 1. The molecule has 0 saturated carbocycles. The number of likely N-dealkylation sites (N-methyl/N-ethyl adjacent to an activating group) is 2. The number of nitrogens with zero attached hydrogens (tertiary/aromatic N) is 3. The predicted molar refractivity (Wildman–Crippen MR) is 141 cm³/mol. The van der Waals surface area contributed by atoms with E-state index in [0.717, 1.165) is 56.2 Å². The third-order valence-corrected chi connectivity index (χ3v) is 7.32. The molecule has 1 N–H and O–H groups in total. The Morgan fingerprint density at radius 1 is 1.09 bits per heavy atom. The summed E-state index contributed by atoms with van der Waals surface area (Å²) < 4.78 is 8.08. The van der Waals surface area contributed by atoms with Crippen LogP contribution in [0.3, 0.4) is 0 Å². The topological polar surface area (TPSA) is 48.1 Å². The molecule has 1 aliphatic heterocycles. The molecule has 6 nitrogen and oxygen atoms in total.